The van der Waals surface area contributed by atoms with Gasteiger partial charge in [-0.15, -0.1) is 0 Å². The van der Waals surface area contributed by atoms with Crippen molar-refractivity contribution >= 4 is 21.8 Å². The molecule has 15 heavy (non-hydrogen) atoms. The summed E-state index contributed by atoms with van der Waals surface area (Å²) in [6, 6.07) is 0. The van der Waals surface area contributed by atoms with Crippen molar-refractivity contribution in [2.75, 3.05) is 7.05 Å². The second kappa shape index (κ2) is 4.43. The Labute approximate surface area is 93.4 Å². The highest BCUT2D eigenvalue weighted by molar-refractivity contribution is 9.10. The van der Waals surface area contributed by atoms with Crippen LogP contribution in [-0.4, -0.2) is 22.5 Å². The van der Waals surface area contributed by atoms with Crippen molar-refractivity contribution in [3.05, 3.63) is 31.0 Å². The van der Waals surface area contributed by atoms with E-state index in [1.54, 1.807) is 0 Å². The Bertz CT molecular complexity index is 469. The number of carbonyl (C=O) groups excluding carboxylic acids is 1. The van der Waals surface area contributed by atoms with Crippen LogP contribution in [0, 0.1) is 0 Å². The van der Waals surface area contributed by atoms with E-state index in [0.717, 1.165) is 0 Å². The maximum Gasteiger partial charge on any atom is 0.328 e. The molecule has 1 aromatic heterocycles. The Morgan fingerprint density at radius 2 is 2.13 bits per heavy atom. The maximum absolute atomic E-state index is 11.2. The van der Waals surface area contributed by atoms with Crippen molar-refractivity contribution in [3.8, 4) is 0 Å². The third-order valence-corrected chi connectivity index (χ3v) is 2.81. The van der Waals surface area contributed by atoms with Gasteiger partial charge in [0.05, 0.1) is 12.1 Å². The molecule has 0 aliphatic carbocycles. The van der Waals surface area contributed by atoms with Crippen molar-refractivity contribution in [1.29, 1.82) is 0 Å². The van der Waals surface area contributed by atoms with Crippen LogP contribution < -0.4 is 16.6 Å². The summed E-state index contributed by atoms with van der Waals surface area (Å²) in [4.78, 5) is 35.7. The number of carbonyl (C=O) groups is 1. The fourth-order valence-electron chi connectivity index (χ4n) is 1.07. The van der Waals surface area contributed by atoms with Crippen LogP contribution in [0.1, 0.15) is 5.69 Å². The number of amides is 1. The standard InChI is InChI=1S/C8H10BrN3O3/c1-10-5(13)3-4-6(9)7(14)11-8(15)12(4)2/h3H2,1-2H3,(H,10,13)(H,11,14,15). The molecule has 0 saturated carbocycles. The van der Waals surface area contributed by atoms with E-state index >= 15 is 0 Å². The van der Waals surface area contributed by atoms with Crippen LogP contribution in [0.4, 0.5) is 0 Å². The summed E-state index contributed by atoms with van der Waals surface area (Å²) in [6.07, 6.45) is -0.0211. The minimum absolute atomic E-state index is 0.0211. The molecule has 7 heteroatoms. The van der Waals surface area contributed by atoms with Gasteiger partial charge in [-0.25, -0.2) is 4.79 Å². The van der Waals surface area contributed by atoms with Gasteiger partial charge in [0.15, 0.2) is 0 Å². The molecule has 0 unspecified atom stereocenters. The lowest BCUT2D eigenvalue weighted by molar-refractivity contribution is -0.120. The third kappa shape index (κ3) is 2.35. The summed E-state index contributed by atoms with van der Waals surface area (Å²) < 4.78 is 1.42. The van der Waals surface area contributed by atoms with Gasteiger partial charge < -0.3 is 5.32 Å². The first-order valence-corrected chi connectivity index (χ1v) is 4.95. The number of aromatic nitrogens is 2. The Morgan fingerprint density at radius 3 is 2.67 bits per heavy atom. The molecule has 0 aromatic carbocycles. The average Bonchev–Trinajstić information content (AvgIpc) is 2.21. The fraction of sp³-hybridized carbons (Fsp3) is 0.375. The summed E-state index contributed by atoms with van der Waals surface area (Å²) >= 11 is 3.04. The Morgan fingerprint density at radius 1 is 1.53 bits per heavy atom. The molecule has 82 valence electrons. The van der Waals surface area contributed by atoms with E-state index in [1.165, 1.54) is 18.7 Å². The molecule has 6 nitrogen and oxygen atoms in total. The van der Waals surface area contributed by atoms with E-state index in [9.17, 15) is 14.4 Å². The Kier molecular flexibility index (Phi) is 3.46. The largest absolute Gasteiger partial charge is 0.359 e. The van der Waals surface area contributed by atoms with E-state index in [1.807, 2.05) is 0 Å². The molecule has 1 heterocycles. The number of halogens is 1. The van der Waals surface area contributed by atoms with Crippen LogP contribution in [0.3, 0.4) is 0 Å². The van der Waals surface area contributed by atoms with Crippen LogP contribution in [0.15, 0.2) is 14.1 Å². The Balaban J connectivity index is 3.34. The molecule has 2 N–H and O–H groups in total. The predicted molar refractivity (Wildman–Crippen MR) is 57.8 cm³/mol. The van der Waals surface area contributed by atoms with Gasteiger partial charge >= 0.3 is 5.69 Å². The fourth-order valence-corrected chi connectivity index (χ4v) is 1.58. The number of aromatic amines is 1. The summed E-state index contributed by atoms with van der Waals surface area (Å²) in [7, 11) is 2.98. The molecular formula is C8H10BrN3O3. The van der Waals surface area contributed by atoms with Gasteiger partial charge in [0.2, 0.25) is 5.91 Å². The average molecular weight is 276 g/mol. The van der Waals surface area contributed by atoms with Gasteiger partial charge in [-0.3, -0.25) is 19.1 Å². The molecular weight excluding hydrogens is 266 g/mol. The first-order chi connectivity index (χ1) is 6.97. The first-order valence-electron chi connectivity index (χ1n) is 4.15. The topological polar surface area (TPSA) is 84.0 Å². The molecule has 0 aliphatic rings. The first kappa shape index (κ1) is 11.7. The molecule has 0 atom stereocenters. The molecule has 0 bridgehead atoms. The van der Waals surface area contributed by atoms with Gasteiger partial charge in [-0.05, 0) is 15.9 Å². The minimum Gasteiger partial charge on any atom is -0.359 e. The van der Waals surface area contributed by atoms with Crippen LogP contribution in [-0.2, 0) is 18.3 Å². The summed E-state index contributed by atoms with van der Waals surface area (Å²) in [5, 5.41) is 2.42. The van der Waals surface area contributed by atoms with Crippen molar-refractivity contribution in [3.63, 3.8) is 0 Å². The van der Waals surface area contributed by atoms with Crippen molar-refractivity contribution in [2.24, 2.45) is 7.05 Å². The predicted octanol–water partition coefficient (Wildman–Crippen LogP) is -0.875. The molecule has 1 aromatic rings. The molecule has 0 spiro atoms. The van der Waals surface area contributed by atoms with Gasteiger partial charge in [0, 0.05) is 14.1 Å². The lowest BCUT2D eigenvalue weighted by Crippen LogP contribution is -2.34. The van der Waals surface area contributed by atoms with Crippen molar-refractivity contribution < 1.29 is 4.79 Å². The van der Waals surface area contributed by atoms with Gasteiger partial charge in [-0.1, -0.05) is 0 Å². The highest BCUT2D eigenvalue weighted by atomic mass is 79.9. The van der Waals surface area contributed by atoms with Crippen molar-refractivity contribution in [2.45, 2.75) is 6.42 Å². The number of rotatable bonds is 2. The highest BCUT2D eigenvalue weighted by Crippen LogP contribution is 2.08. The smallest absolute Gasteiger partial charge is 0.328 e. The second-order valence-corrected chi connectivity index (χ2v) is 3.72. The summed E-state index contributed by atoms with van der Waals surface area (Å²) in [5.41, 5.74) is -0.720. The SMILES string of the molecule is CNC(=O)Cc1c(Br)c(=O)[nH]c(=O)n1C. The number of nitrogens with one attached hydrogen (secondary N) is 2. The molecule has 0 aliphatic heterocycles. The molecule has 1 amide bonds. The van der Waals surface area contributed by atoms with Gasteiger partial charge in [0.1, 0.15) is 4.47 Å². The van der Waals surface area contributed by atoms with E-state index in [2.05, 4.69) is 26.2 Å². The quantitative estimate of drug-likeness (QED) is 0.736. The second-order valence-electron chi connectivity index (χ2n) is 2.93. The zero-order valence-corrected chi connectivity index (χ0v) is 9.84. The number of hydrogen-bond donors (Lipinski definition) is 2. The summed E-state index contributed by atoms with van der Waals surface area (Å²) in [5.74, 6) is -0.267. The zero-order valence-electron chi connectivity index (χ0n) is 8.26. The lowest BCUT2D eigenvalue weighted by Gasteiger charge is -2.07. The van der Waals surface area contributed by atoms with Crippen LogP contribution >= 0.6 is 15.9 Å². The lowest BCUT2D eigenvalue weighted by atomic mass is 10.3. The number of nitrogens with zero attached hydrogens (tertiary/aromatic N) is 1. The van der Waals surface area contributed by atoms with Crippen molar-refractivity contribution in [1.82, 2.24) is 14.9 Å². The number of likely N-dealkylation sites (N-methyl/N-ethyl adjacent to an activating group) is 1. The minimum atomic E-state index is -0.540. The van der Waals surface area contributed by atoms with E-state index < -0.39 is 11.2 Å². The van der Waals surface area contributed by atoms with Gasteiger partial charge in [-0.2, -0.15) is 0 Å². The van der Waals surface area contributed by atoms with E-state index in [4.69, 9.17) is 0 Å². The monoisotopic (exact) mass is 275 g/mol. The maximum atomic E-state index is 11.2. The molecule has 0 radical (unpaired) electrons. The highest BCUT2D eigenvalue weighted by Gasteiger charge is 2.12. The molecule has 0 fully saturated rings. The summed E-state index contributed by atoms with van der Waals surface area (Å²) in [6.45, 7) is 0. The normalized spacial score (nSPS) is 10.1. The van der Waals surface area contributed by atoms with Crippen LogP contribution in [0.2, 0.25) is 0 Å². The van der Waals surface area contributed by atoms with Crippen LogP contribution in [0.25, 0.3) is 0 Å². The Hall–Kier alpha value is -1.37. The molecule has 1 rings (SSSR count). The van der Waals surface area contributed by atoms with E-state index in [-0.39, 0.29) is 16.8 Å². The van der Waals surface area contributed by atoms with Gasteiger partial charge in [0.25, 0.3) is 5.56 Å². The number of H-pyrrole nitrogens is 1. The zero-order chi connectivity index (χ0) is 11.6. The third-order valence-electron chi connectivity index (χ3n) is 1.99. The van der Waals surface area contributed by atoms with Crippen LogP contribution in [0.5, 0.6) is 0 Å². The number of hydrogen-bond acceptors (Lipinski definition) is 3. The van der Waals surface area contributed by atoms with E-state index in [0.29, 0.717) is 5.69 Å². The molecule has 0 saturated heterocycles.